The summed E-state index contributed by atoms with van der Waals surface area (Å²) in [4.78, 5) is 0.854. The Morgan fingerprint density at radius 2 is 2.75 bits per heavy atom. The van der Waals surface area contributed by atoms with Gasteiger partial charge in [0.15, 0.2) is 0 Å². The van der Waals surface area contributed by atoms with Gasteiger partial charge in [0.2, 0.25) is 0 Å². The molecule has 4 heteroatoms. The topological polar surface area (TPSA) is 52.5 Å². The van der Waals surface area contributed by atoms with Crippen molar-refractivity contribution < 1.29 is 0 Å². The third kappa shape index (κ3) is 1.01. The molecule has 1 N–H and O–H groups in total. The van der Waals surface area contributed by atoms with Gasteiger partial charge in [0.05, 0.1) is 11.1 Å². The minimum absolute atomic E-state index is 0.854. The Morgan fingerprint density at radius 3 is 3.25 bits per heavy atom. The van der Waals surface area contributed by atoms with Gasteiger partial charge in [-0.1, -0.05) is 0 Å². The lowest BCUT2D eigenvalue weighted by Crippen LogP contribution is -1.53. The van der Waals surface area contributed by atoms with Crippen LogP contribution >= 0.6 is 11.8 Å². The Labute approximate surface area is 50.7 Å². The van der Waals surface area contributed by atoms with Crippen molar-refractivity contribution in [1.82, 2.24) is 10.2 Å². The second-order valence-corrected chi connectivity index (χ2v) is 1.99. The van der Waals surface area contributed by atoms with E-state index in [1.165, 1.54) is 0 Å². The van der Waals surface area contributed by atoms with Crippen molar-refractivity contribution >= 4 is 11.8 Å². The highest BCUT2D eigenvalue weighted by Gasteiger charge is 1.88. The van der Waals surface area contributed by atoms with Crippen LogP contribution in [0.15, 0.2) is 17.3 Å². The molecule has 0 aliphatic rings. The Kier molecular flexibility index (Phi) is 1.55. The first-order chi connectivity index (χ1) is 3.93. The molecule has 0 aromatic carbocycles. The zero-order chi connectivity index (χ0) is 5.82. The van der Waals surface area contributed by atoms with Crippen molar-refractivity contribution in [3.05, 3.63) is 12.4 Å². The number of aromatic amines is 1. The lowest BCUT2D eigenvalue weighted by Gasteiger charge is -1.73. The smallest absolute Gasteiger partial charge is 0.138 e. The second kappa shape index (κ2) is 2.38. The van der Waals surface area contributed by atoms with E-state index in [0.717, 1.165) is 16.7 Å². The number of nitrogens with zero attached hydrogens (tertiary/aromatic N) is 2. The molecule has 0 spiro atoms. The average Bonchev–Trinajstić information content (AvgIpc) is 2.19. The maximum absolute atomic E-state index is 8.11. The van der Waals surface area contributed by atoms with Crippen molar-refractivity contribution in [3.63, 3.8) is 0 Å². The van der Waals surface area contributed by atoms with Gasteiger partial charge in [0.25, 0.3) is 0 Å². The number of nitrogens with one attached hydrogen (secondary N) is 1. The van der Waals surface area contributed by atoms with Gasteiger partial charge < -0.3 is 0 Å². The summed E-state index contributed by atoms with van der Waals surface area (Å²) in [6.45, 7) is 0. The molecule has 40 valence electrons. The zero-order valence-corrected chi connectivity index (χ0v) is 4.77. The van der Waals surface area contributed by atoms with Crippen LogP contribution < -0.4 is 0 Å². The van der Waals surface area contributed by atoms with Gasteiger partial charge in [-0.25, -0.2) is 0 Å². The van der Waals surface area contributed by atoms with Gasteiger partial charge in [0, 0.05) is 6.20 Å². The fourth-order valence-electron chi connectivity index (χ4n) is 0.348. The molecule has 8 heavy (non-hydrogen) atoms. The van der Waals surface area contributed by atoms with E-state index in [9.17, 15) is 0 Å². The third-order valence-electron chi connectivity index (χ3n) is 0.637. The SMILES string of the molecule is N#CSc1cn[nH]c1. The van der Waals surface area contributed by atoms with Gasteiger partial charge >= 0.3 is 0 Å². The summed E-state index contributed by atoms with van der Waals surface area (Å²) in [5.41, 5.74) is 0. The average molecular weight is 125 g/mol. The van der Waals surface area contributed by atoms with Crippen molar-refractivity contribution in [2.24, 2.45) is 0 Å². The Balaban J connectivity index is 2.67. The summed E-state index contributed by atoms with van der Waals surface area (Å²) in [6.07, 6.45) is 3.28. The number of hydrogen-bond acceptors (Lipinski definition) is 3. The molecule has 0 aliphatic carbocycles. The number of nitriles is 1. The van der Waals surface area contributed by atoms with E-state index < -0.39 is 0 Å². The maximum atomic E-state index is 8.11. The monoisotopic (exact) mass is 125 g/mol. The van der Waals surface area contributed by atoms with Crippen molar-refractivity contribution in [2.45, 2.75) is 4.90 Å². The number of thiocyanates is 1. The Hall–Kier alpha value is -0.950. The van der Waals surface area contributed by atoms with Gasteiger partial charge in [-0.2, -0.15) is 10.4 Å². The molecule has 1 aromatic heterocycles. The van der Waals surface area contributed by atoms with E-state index in [-0.39, 0.29) is 0 Å². The van der Waals surface area contributed by atoms with Crippen LogP contribution in [0.4, 0.5) is 0 Å². The molecule has 0 amide bonds. The first-order valence-corrected chi connectivity index (χ1v) is 2.80. The van der Waals surface area contributed by atoms with E-state index in [1.54, 1.807) is 12.4 Å². The van der Waals surface area contributed by atoms with Crippen LogP contribution in [0.2, 0.25) is 0 Å². The van der Waals surface area contributed by atoms with E-state index in [1.807, 2.05) is 5.40 Å². The molecular formula is C4H3N3S. The summed E-state index contributed by atoms with van der Waals surface area (Å²) in [5, 5.41) is 16.3. The van der Waals surface area contributed by atoms with Crippen LogP contribution in [0.25, 0.3) is 0 Å². The highest BCUT2D eigenvalue weighted by Crippen LogP contribution is 2.11. The van der Waals surface area contributed by atoms with Gasteiger partial charge in [-0.15, -0.1) is 0 Å². The summed E-state index contributed by atoms with van der Waals surface area (Å²) >= 11 is 1.09. The molecule has 1 rings (SSSR count). The van der Waals surface area contributed by atoms with E-state index in [4.69, 9.17) is 5.26 Å². The number of thioether (sulfide) groups is 1. The quantitative estimate of drug-likeness (QED) is 0.449. The number of rotatable bonds is 1. The van der Waals surface area contributed by atoms with Crippen molar-refractivity contribution in [2.75, 3.05) is 0 Å². The minimum Gasteiger partial charge on any atom is -0.285 e. The number of aromatic nitrogens is 2. The third-order valence-corrected chi connectivity index (χ3v) is 1.19. The van der Waals surface area contributed by atoms with Gasteiger partial charge in [-0.3, -0.25) is 5.10 Å². The molecule has 0 saturated carbocycles. The molecule has 0 bridgehead atoms. The molecule has 3 nitrogen and oxygen atoms in total. The van der Waals surface area contributed by atoms with E-state index >= 15 is 0 Å². The predicted molar refractivity (Wildman–Crippen MR) is 30.1 cm³/mol. The van der Waals surface area contributed by atoms with Gasteiger partial charge in [-0.05, 0) is 11.8 Å². The molecule has 0 fully saturated rings. The van der Waals surface area contributed by atoms with Crippen LogP contribution in [0.3, 0.4) is 0 Å². The molecular weight excluding hydrogens is 122 g/mol. The largest absolute Gasteiger partial charge is 0.285 e. The highest BCUT2D eigenvalue weighted by atomic mass is 32.2. The lowest BCUT2D eigenvalue weighted by molar-refractivity contribution is 1.09. The minimum atomic E-state index is 0.854. The number of H-pyrrole nitrogens is 1. The first kappa shape index (κ1) is 5.19. The van der Waals surface area contributed by atoms with Crippen LogP contribution in [0, 0.1) is 10.7 Å². The Bertz CT molecular complexity index is 186. The summed E-state index contributed by atoms with van der Waals surface area (Å²) < 4.78 is 0. The summed E-state index contributed by atoms with van der Waals surface area (Å²) in [6, 6.07) is 0. The van der Waals surface area contributed by atoms with E-state index in [0.29, 0.717) is 0 Å². The standard InChI is InChI=1S/C4H3N3S/c5-3-8-4-1-6-7-2-4/h1-2H,(H,6,7). The van der Waals surface area contributed by atoms with Gasteiger partial charge in [0.1, 0.15) is 5.40 Å². The fourth-order valence-corrected chi connectivity index (χ4v) is 0.670. The van der Waals surface area contributed by atoms with Crippen LogP contribution in [-0.4, -0.2) is 10.2 Å². The summed E-state index contributed by atoms with van der Waals surface area (Å²) in [5.74, 6) is 0. The normalized spacial score (nSPS) is 8.38. The Morgan fingerprint density at radius 1 is 1.88 bits per heavy atom. The first-order valence-electron chi connectivity index (χ1n) is 1.98. The molecule has 0 atom stereocenters. The second-order valence-electron chi connectivity index (χ2n) is 1.13. The predicted octanol–water partition coefficient (Wildman–Crippen LogP) is 0.983. The fraction of sp³-hybridized carbons (Fsp3) is 0. The zero-order valence-electron chi connectivity index (χ0n) is 3.96. The van der Waals surface area contributed by atoms with Crippen molar-refractivity contribution in [3.8, 4) is 5.40 Å². The van der Waals surface area contributed by atoms with E-state index in [2.05, 4.69) is 10.2 Å². The number of hydrogen-bond donors (Lipinski definition) is 1. The van der Waals surface area contributed by atoms with Crippen LogP contribution in [-0.2, 0) is 0 Å². The molecule has 0 saturated heterocycles. The van der Waals surface area contributed by atoms with Crippen molar-refractivity contribution in [1.29, 1.82) is 5.26 Å². The van der Waals surface area contributed by atoms with Crippen LogP contribution in [0.5, 0.6) is 0 Å². The molecule has 0 aliphatic heterocycles. The summed E-state index contributed by atoms with van der Waals surface area (Å²) in [7, 11) is 0. The lowest BCUT2D eigenvalue weighted by atomic mass is 10.7. The highest BCUT2D eigenvalue weighted by molar-refractivity contribution is 8.03. The molecule has 1 aromatic rings. The van der Waals surface area contributed by atoms with Crippen LogP contribution in [0.1, 0.15) is 0 Å². The molecule has 1 heterocycles. The maximum Gasteiger partial charge on any atom is 0.138 e. The molecule has 0 unspecified atom stereocenters. The molecule has 0 radical (unpaired) electrons.